The Bertz CT molecular complexity index is 304. The molecule has 1 aromatic heterocycles. The van der Waals surface area contributed by atoms with Crippen LogP contribution in [0.4, 0.5) is 0 Å². The summed E-state index contributed by atoms with van der Waals surface area (Å²) in [5.41, 5.74) is 7.55. The lowest BCUT2D eigenvalue weighted by Gasteiger charge is -2.31. The van der Waals surface area contributed by atoms with Gasteiger partial charge in [-0.2, -0.15) is 0 Å². The highest BCUT2D eigenvalue weighted by Gasteiger charge is 2.27. The van der Waals surface area contributed by atoms with Crippen LogP contribution in [0.5, 0.6) is 0 Å². The van der Waals surface area contributed by atoms with E-state index in [4.69, 9.17) is 5.73 Å². The Kier molecular flexibility index (Phi) is 2.77. The van der Waals surface area contributed by atoms with Crippen LogP contribution in [0.2, 0.25) is 0 Å². The van der Waals surface area contributed by atoms with Crippen molar-refractivity contribution in [1.29, 1.82) is 0 Å². The van der Waals surface area contributed by atoms with Crippen LogP contribution in [0.25, 0.3) is 0 Å². The molecule has 13 heavy (non-hydrogen) atoms. The average Bonchev–Trinajstić information content (AvgIpc) is 2.26. The van der Waals surface area contributed by atoms with Gasteiger partial charge < -0.3 is 5.73 Å². The number of hydrogen-bond acceptors (Lipinski definition) is 2. The molecule has 1 fully saturated rings. The smallest absolute Gasteiger partial charge is 0.0704 e. The Balaban J connectivity index is 2.18. The molecule has 1 aromatic rings. The molecule has 1 nitrogen and oxygen atoms in total. The second-order valence-electron chi connectivity index (χ2n) is 3.78. The molecular formula is C10H14BrNS. The summed E-state index contributed by atoms with van der Waals surface area (Å²) in [5, 5.41) is 0. The predicted octanol–water partition coefficient (Wildman–Crippen LogP) is 3.62. The van der Waals surface area contributed by atoms with Gasteiger partial charge in [0.1, 0.15) is 0 Å². The minimum Gasteiger partial charge on any atom is -0.324 e. The summed E-state index contributed by atoms with van der Waals surface area (Å²) in [6, 6.07) is 2.46. The molecule has 0 amide bonds. The Morgan fingerprint density at radius 3 is 2.69 bits per heavy atom. The van der Waals surface area contributed by atoms with Crippen molar-refractivity contribution in [3.63, 3.8) is 0 Å². The summed E-state index contributed by atoms with van der Waals surface area (Å²) in [5.74, 6) is 0.736. The van der Waals surface area contributed by atoms with Crippen molar-refractivity contribution in [3.8, 4) is 0 Å². The van der Waals surface area contributed by atoms with E-state index in [0.29, 0.717) is 0 Å². The molecule has 3 heteroatoms. The first kappa shape index (κ1) is 9.69. The molecule has 1 aliphatic carbocycles. The number of rotatable bonds is 2. The van der Waals surface area contributed by atoms with Crippen molar-refractivity contribution in [3.05, 3.63) is 20.3 Å². The van der Waals surface area contributed by atoms with Gasteiger partial charge in [-0.25, -0.2) is 0 Å². The van der Waals surface area contributed by atoms with E-state index in [-0.39, 0.29) is 6.04 Å². The third-order valence-electron chi connectivity index (χ3n) is 2.94. The van der Waals surface area contributed by atoms with E-state index in [0.717, 1.165) is 5.92 Å². The van der Waals surface area contributed by atoms with Gasteiger partial charge in [0.15, 0.2) is 0 Å². The summed E-state index contributed by atoms with van der Waals surface area (Å²) >= 11 is 5.29. The van der Waals surface area contributed by atoms with Gasteiger partial charge in [0, 0.05) is 10.9 Å². The van der Waals surface area contributed by atoms with Gasteiger partial charge in [-0.3, -0.25) is 0 Å². The van der Waals surface area contributed by atoms with Crippen molar-refractivity contribution in [2.24, 2.45) is 11.7 Å². The number of hydrogen-bond donors (Lipinski definition) is 1. The third kappa shape index (κ3) is 1.83. The highest BCUT2D eigenvalue weighted by Crippen LogP contribution is 2.40. The van der Waals surface area contributed by atoms with E-state index in [9.17, 15) is 0 Å². The first-order chi connectivity index (χ1) is 6.18. The molecule has 0 aliphatic heterocycles. The van der Waals surface area contributed by atoms with Crippen molar-refractivity contribution in [2.75, 3.05) is 0 Å². The second-order valence-corrected chi connectivity index (χ2v) is 6.41. The van der Waals surface area contributed by atoms with Gasteiger partial charge in [-0.15, -0.1) is 11.3 Å². The second kappa shape index (κ2) is 3.71. The summed E-state index contributed by atoms with van der Waals surface area (Å²) in [4.78, 5) is 1.37. The van der Waals surface area contributed by atoms with Crippen LogP contribution in [0.15, 0.2) is 9.85 Å². The Labute approximate surface area is 91.5 Å². The molecule has 0 bridgehead atoms. The van der Waals surface area contributed by atoms with Crippen LogP contribution in [0, 0.1) is 12.8 Å². The average molecular weight is 260 g/mol. The Hall–Kier alpha value is 0.140. The Morgan fingerprint density at radius 1 is 1.62 bits per heavy atom. The highest BCUT2D eigenvalue weighted by molar-refractivity contribution is 9.11. The SMILES string of the molecule is Cc1sc(Br)cc1C(N)C1CCC1. The van der Waals surface area contributed by atoms with Gasteiger partial charge in [-0.1, -0.05) is 6.42 Å². The lowest BCUT2D eigenvalue weighted by Crippen LogP contribution is -2.26. The van der Waals surface area contributed by atoms with E-state index in [1.54, 1.807) is 11.3 Å². The van der Waals surface area contributed by atoms with Gasteiger partial charge >= 0.3 is 0 Å². The molecule has 1 unspecified atom stereocenters. The van der Waals surface area contributed by atoms with E-state index in [2.05, 4.69) is 28.9 Å². The third-order valence-corrected chi connectivity index (χ3v) is 4.51. The minimum atomic E-state index is 0.274. The quantitative estimate of drug-likeness (QED) is 0.863. The maximum atomic E-state index is 6.20. The minimum absolute atomic E-state index is 0.274. The van der Waals surface area contributed by atoms with Crippen molar-refractivity contribution in [1.82, 2.24) is 0 Å². The molecule has 1 aliphatic rings. The zero-order chi connectivity index (χ0) is 9.42. The van der Waals surface area contributed by atoms with E-state index in [1.807, 2.05) is 0 Å². The van der Waals surface area contributed by atoms with Crippen LogP contribution < -0.4 is 5.73 Å². The number of nitrogens with two attached hydrogens (primary N) is 1. The summed E-state index contributed by atoms with van der Waals surface area (Å²) < 4.78 is 1.20. The molecule has 72 valence electrons. The fourth-order valence-electron chi connectivity index (χ4n) is 1.84. The normalized spacial score (nSPS) is 19.9. The summed E-state index contributed by atoms with van der Waals surface area (Å²) in [6.07, 6.45) is 3.99. The van der Waals surface area contributed by atoms with Crippen LogP contribution in [0.3, 0.4) is 0 Å². The van der Waals surface area contributed by atoms with E-state index in [1.165, 1.54) is 33.5 Å². The predicted molar refractivity (Wildman–Crippen MR) is 61.0 cm³/mol. The first-order valence-corrected chi connectivity index (χ1v) is 6.31. The zero-order valence-electron chi connectivity index (χ0n) is 7.72. The fourth-order valence-corrected chi connectivity index (χ4v) is 3.61. The fraction of sp³-hybridized carbons (Fsp3) is 0.600. The summed E-state index contributed by atoms with van der Waals surface area (Å²) in [6.45, 7) is 2.16. The molecule has 0 radical (unpaired) electrons. The van der Waals surface area contributed by atoms with E-state index >= 15 is 0 Å². The summed E-state index contributed by atoms with van der Waals surface area (Å²) in [7, 11) is 0. The first-order valence-electron chi connectivity index (χ1n) is 4.70. The molecular weight excluding hydrogens is 246 g/mol. The largest absolute Gasteiger partial charge is 0.324 e. The molecule has 0 aromatic carbocycles. The molecule has 0 spiro atoms. The number of halogens is 1. The van der Waals surface area contributed by atoms with Gasteiger partial charge in [0.2, 0.25) is 0 Å². The standard InChI is InChI=1S/C10H14BrNS/c1-6-8(5-9(11)13-6)10(12)7-3-2-4-7/h5,7,10H,2-4,12H2,1H3. The lowest BCUT2D eigenvalue weighted by molar-refractivity contribution is 0.264. The lowest BCUT2D eigenvalue weighted by atomic mass is 9.78. The molecule has 0 saturated heterocycles. The van der Waals surface area contributed by atoms with Crippen molar-refractivity contribution >= 4 is 27.3 Å². The van der Waals surface area contributed by atoms with Crippen LogP contribution >= 0.6 is 27.3 Å². The van der Waals surface area contributed by atoms with Crippen LogP contribution in [-0.4, -0.2) is 0 Å². The molecule has 2 rings (SSSR count). The van der Waals surface area contributed by atoms with Gasteiger partial charge in [-0.05, 0) is 53.2 Å². The zero-order valence-corrected chi connectivity index (χ0v) is 10.1. The molecule has 1 heterocycles. The molecule has 1 saturated carbocycles. The highest BCUT2D eigenvalue weighted by atomic mass is 79.9. The maximum absolute atomic E-state index is 6.20. The van der Waals surface area contributed by atoms with Crippen LogP contribution in [0.1, 0.15) is 35.7 Å². The van der Waals surface area contributed by atoms with Gasteiger partial charge in [0.25, 0.3) is 0 Å². The monoisotopic (exact) mass is 259 g/mol. The number of thiophene rings is 1. The van der Waals surface area contributed by atoms with E-state index < -0.39 is 0 Å². The Morgan fingerprint density at radius 2 is 2.31 bits per heavy atom. The molecule has 1 atom stereocenters. The number of aryl methyl sites for hydroxylation is 1. The van der Waals surface area contributed by atoms with Gasteiger partial charge in [0.05, 0.1) is 3.79 Å². The van der Waals surface area contributed by atoms with Crippen molar-refractivity contribution in [2.45, 2.75) is 32.2 Å². The van der Waals surface area contributed by atoms with Crippen LogP contribution in [-0.2, 0) is 0 Å². The van der Waals surface area contributed by atoms with Crippen molar-refractivity contribution < 1.29 is 0 Å². The topological polar surface area (TPSA) is 26.0 Å². The maximum Gasteiger partial charge on any atom is 0.0704 e. The molecule has 2 N–H and O–H groups in total.